The van der Waals surface area contributed by atoms with Crippen LogP contribution >= 0.6 is 0 Å². The minimum Gasteiger partial charge on any atom is -0.494 e. The Balaban J connectivity index is 2.50. The Morgan fingerprint density at radius 1 is 1.35 bits per heavy atom. The lowest BCUT2D eigenvalue weighted by atomic mass is 10.1. The van der Waals surface area contributed by atoms with Crippen molar-refractivity contribution in [3.05, 3.63) is 24.3 Å². The van der Waals surface area contributed by atoms with Gasteiger partial charge in [0.1, 0.15) is 5.75 Å². The van der Waals surface area contributed by atoms with Crippen LogP contribution in [0.2, 0.25) is 0 Å². The summed E-state index contributed by atoms with van der Waals surface area (Å²) in [5.74, 6) is 6.78. The number of guanidine groups is 1. The van der Waals surface area contributed by atoms with Crippen LogP contribution in [0.3, 0.4) is 0 Å². The molecule has 94 valence electrons. The molecule has 0 aromatic heterocycles. The summed E-state index contributed by atoms with van der Waals surface area (Å²) in [6.07, 6.45) is 1.05. The topological polar surface area (TPSA) is 85.7 Å². The van der Waals surface area contributed by atoms with Crippen molar-refractivity contribution in [1.82, 2.24) is 5.43 Å². The van der Waals surface area contributed by atoms with E-state index in [1.807, 2.05) is 24.3 Å². The van der Waals surface area contributed by atoms with E-state index in [4.69, 9.17) is 16.3 Å². The van der Waals surface area contributed by atoms with Crippen molar-refractivity contribution < 1.29 is 4.74 Å². The Morgan fingerprint density at radius 2 is 2.00 bits per heavy atom. The van der Waals surface area contributed by atoms with Crippen molar-refractivity contribution in [2.75, 3.05) is 6.61 Å². The quantitative estimate of drug-likeness (QED) is 0.313. The average molecular weight is 236 g/mol. The lowest BCUT2D eigenvalue weighted by Crippen LogP contribution is -2.36. The van der Waals surface area contributed by atoms with Crippen LogP contribution < -0.4 is 21.7 Å². The van der Waals surface area contributed by atoms with Gasteiger partial charge in [0.2, 0.25) is 5.96 Å². The molecule has 0 fully saturated rings. The van der Waals surface area contributed by atoms with Crippen molar-refractivity contribution in [2.45, 2.75) is 20.3 Å². The number of nitrogens with two attached hydrogens (primary N) is 2. The molecule has 0 aliphatic carbocycles. The van der Waals surface area contributed by atoms with E-state index in [0.717, 1.165) is 24.5 Å². The fraction of sp³-hybridized carbons (Fsp3) is 0.417. The van der Waals surface area contributed by atoms with Crippen molar-refractivity contribution in [3.8, 4) is 5.75 Å². The lowest BCUT2D eigenvalue weighted by molar-refractivity contribution is 0.289. The van der Waals surface area contributed by atoms with Gasteiger partial charge >= 0.3 is 0 Å². The predicted molar refractivity (Wildman–Crippen MR) is 70.0 cm³/mol. The van der Waals surface area contributed by atoms with E-state index in [1.165, 1.54) is 0 Å². The number of ether oxygens (including phenoxy) is 1. The molecule has 17 heavy (non-hydrogen) atoms. The predicted octanol–water partition coefficient (Wildman–Crippen LogP) is 1.52. The SMILES string of the molecule is CC(C)CCOc1ccc(/N=C(/N)NN)cc1. The van der Waals surface area contributed by atoms with Crippen LogP contribution in [-0.2, 0) is 0 Å². The second-order valence-electron chi connectivity index (χ2n) is 4.17. The number of nitrogens with one attached hydrogen (secondary N) is 1. The van der Waals surface area contributed by atoms with Gasteiger partial charge in [-0.2, -0.15) is 0 Å². The molecule has 0 radical (unpaired) electrons. The lowest BCUT2D eigenvalue weighted by Gasteiger charge is -2.08. The Hall–Kier alpha value is -1.75. The highest BCUT2D eigenvalue weighted by molar-refractivity contribution is 5.80. The number of hydrogen-bond acceptors (Lipinski definition) is 3. The summed E-state index contributed by atoms with van der Waals surface area (Å²) in [7, 11) is 0. The molecule has 1 rings (SSSR count). The maximum atomic E-state index is 5.58. The van der Waals surface area contributed by atoms with E-state index in [-0.39, 0.29) is 5.96 Å². The van der Waals surface area contributed by atoms with Gasteiger partial charge in [0.05, 0.1) is 12.3 Å². The van der Waals surface area contributed by atoms with Gasteiger partial charge in [-0.25, -0.2) is 10.8 Å². The Kier molecular flexibility index (Phi) is 5.29. The highest BCUT2D eigenvalue weighted by Crippen LogP contribution is 2.18. The third-order valence-electron chi connectivity index (χ3n) is 2.20. The van der Waals surface area contributed by atoms with Crippen LogP contribution in [0.25, 0.3) is 0 Å². The van der Waals surface area contributed by atoms with Crippen molar-refractivity contribution in [2.24, 2.45) is 22.5 Å². The molecule has 0 atom stereocenters. The molecule has 5 N–H and O–H groups in total. The Bertz CT molecular complexity index is 359. The van der Waals surface area contributed by atoms with Gasteiger partial charge in [0, 0.05) is 0 Å². The summed E-state index contributed by atoms with van der Waals surface area (Å²) in [4.78, 5) is 4.03. The normalized spacial score (nSPS) is 11.6. The first-order valence-electron chi connectivity index (χ1n) is 5.65. The minimum atomic E-state index is 0.179. The van der Waals surface area contributed by atoms with Crippen LogP contribution in [0, 0.1) is 5.92 Å². The summed E-state index contributed by atoms with van der Waals surface area (Å²) in [5.41, 5.74) is 8.44. The van der Waals surface area contributed by atoms with Crippen LogP contribution in [0.15, 0.2) is 29.3 Å². The van der Waals surface area contributed by atoms with Crippen molar-refractivity contribution in [1.29, 1.82) is 0 Å². The molecule has 0 aliphatic rings. The Labute approximate surface area is 102 Å². The molecule has 0 heterocycles. The molecule has 0 saturated heterocycles. The van der Waals surface area contributed by atoms with Gasteiger partial charge < -0.3 is 10.5 Å². The number of hydrogen-bond donors (Lipinski definition) is 3. The van der Waals surface area contributed by atoms with Crippen LogP contribution in [0.1, 0.15) is 20.3 Å². The molecular formula is C12H20N4O. The average Bonchev–Trinajstić information content (AvgIpc) is 2.31. The van der Waals surface area contributed by atoms with Gasteiger partial charge in [0.25, 0.3) is 0 Å². The number of nitrogens with zero attached hydrogens (tertiary/aromatic N) is 1. The molecular weight excluding hydrogens is 216 g/mol. The zero-order valence-corrected chi connectivity index (χ0v) is 10.3. The van der Waals surface area contributed by atoms with E-state index < -0.39 is 0 Å². The van der Waals surface area contributed by atoms with E-state index in [2.05, 4.69) is 24.3 Å². The highest BCUT2D eigenvalue weighted by atomic mass is 16.5. The molecule has 0 amide bonds. The van der Waals surface area contributed by atoms with Crippen molar-refractivity contribution in [3.63, 3.8) is 0 Å². The van der Waals surface area contributed by atoms with Crippen LogP contribution in [0.5, 0.6) is 5.75 Å². The molecule has 0 saturated carbocycles. The smallest absolute Gasteiger partial charge is 0.208 e. The summed E-state index contributed by atoms with van der Waals surface area (Å²) in [6, 6.07) is 7.38. The fourth-order valence-corrected chi connectivity index (χ4v) is 1.20. The van der Waals surface area contributed by atoms with E-state index in [1.54, 1.807) is 0 Å². The molecule has 0 bridgehead atoms. The molecule has 1 aromatic carbocycles. The standard InChI is InChI=1S/C12H20N4O/c1-9(2)7-8-17-11-5-3-10(4-6-11)15-12(13)16-14/h3-6,9H,7-8,14H2,1-2H3,(H3,13,15,16). The minimum absolute atomic E-state index is 0.179. The summed E-state index contributed by atoms with van der Waals surface area (Å²) < 4.78 is 5.58. The molecule has 5 nitrogen and oxygen atoms in total. The Morgan fingerprint density at radius 3 is 2.53 bits per heavy atom. The number of benzene rings is 1. The molecule has 0 spiro atoms. The maximum Gasteiger partial charge on any atom is 0.208 e. The maximum absolute atomic E-state index is 5.58. The highest BCUT2D eigenvalue weighted by Gasteiger charge is 1.97. The first-order chi connectivity index (χ1) is 8.11. The van der Waals surface area contributed by atoms with Gasteiger partial charge in [-0.1, -0.05) is 13.8 Å². The first kappa shape index (κ1) is 13.3. The van der Waals surface area contributed by atoms with Gasteiger partial charge in [-0.05, 0) is 36.6 Å². The first-order valence-corrected chi connectivity index (χ1v) is 5.65. The number of hydrazine groups is 1. The monoisotopic (exact) mass is 236 g/mol. The number of rotatable bonds is 5. The summed E-state index contributed by atoms with van der Waals surface area (Å²) in [6.45, 7) is 5.07. The van der Waals surface area contributed by atoms with E-state index in [0.29, 0.717) is 5.92 Å². The molecule has 0 unspecified atom stereocenters. The van der Waals surface area contributed by atoms with E-state index in [9.17, 15) is 0 Å². The van der Waals surface area contributed by atoms with Gasteiger partial charge in [-0.15, -0.1) is 0 Å². The van der Waals surface area contributed by atoms with Gasteiger partial charge in [-0.3, -0.25) is 5.43 Å². The van der Waals surface area contributed by atoms with Crippen LogP contribution in [-0.4, -0.2) is 12.6 Å². The second-order valence-corrected chi connectivity index (χ2v) is 4.17. The number of aliphatic imine (C=N–C) groups is 1. The van der Waals surface area contributed by atoms with Gasteiger partial charge in [0.15, 0.2) is 0 Å². The van der Waals surface area contributed by atoms with Crippen molar-refractivity contribution >= 4 is 11.6 Å². The largest absolute Gasteiger partial charge is 0.494 e. The second kappa shape index (κ2) is 6.75. The molecule has 5 heteroatoms. The molecule has 1 aromatic rings. The molecule has 0 aliphatic heterocycles. The van der Waals surface area contributed by atoms with Crippen LogP contribution in [0.4, 0.5) is 5.69 Å². The zero-order valence-electron chi connectivity index (χ0n) is 10.3. The zero-order chi connectivity index (χ0) is 12.7. The third kappa shape index (κ3) is 5.21. The fourth-order valence-electron chi connectivity index (χ4n) is 1.20. The van der Waals surface area contributed by atoms with E-state index >= 15 is 0 Å². The summed E-state index contributed by atoms with van der Waals surface area (Å²) in [5, 5.41) is 0. The summed E-state index contributed by atoms with van der Waals surface area (Å²) >= 11 is 0. The third-order valence-corrected chi connectivity index (χ3v) is 2.20.